The van der Waals surface area contributed by atoms with Crippen LogP contribution < -0.4 is 0 Å². The summed E-state index contributed by atoms with van der Waals surface area (Å²) in [4.78, 5) is 5.72. The number of piperazine rings is 1. The first kappa shape index (κ1) is 13.9. The first-order valence-electron chi connectivity index (χ1n) is 8.70. The summed E-state index contributed by atoms with van der Waals surface area (Å²) in [7, 11) is 0. The lowest BCUT2D eigenvalue weighted by Crippen LogP contribution is -2.60. The highest BCUT2D eigenvalue weighted by Gasteiger charge is 2.41. The molecule has 2 saturated heterocycles. The minimum absolute atomic E-state index is 0.826. The van der Waals surface area contributed by atoms with E-state index in [1.54, 1.807) is 0 Å². The molecule has 0 radical (unpaired) electrons. The second-order valence-electron chi connectivity index (χ2n) is 7.38. The van der Waals surface area contributed by atoms with E-state index in [1.807, 2.05) is 0 Å². The van der Waals surface area contributed by atoms with E-state index >= 15 is 0 Å². The van der Waals surface area contributed by atoms with Crippen molar-refractivity contribution in [3.8, 4) is 0 Å². The van der Waals surface area contributed by atoms with Crippen LogP contribution in [0.15, 0.2) is 0 Å². The molecule has 0 amide bonds. The Balaban J connectivity index is 1.73. The molecule has 0 bridgehead atoms. The molecular weight excluding hydrogens is 232 g/mol. The Morgan fingerprint density at radius 1 is 1.00 bits per heavy atom. The van der Waals surface area contributed by atoms with Crippen LogP contribution in [0.1, 0.15) is 59.3 Å². The van der Waals surface area contributed by atoms with E-state index in [0.29, 0.717) is 0 Å². The number of rotatable bonds is 2. The summed E-state index contributed by atoms with van der Waals surface area (Å²) in [5.41, 5.74) is 0. The molecule has 110 valence electrons. The Kier molecular flexibility index (Phi) is 4.19. The molecule has 0 aromatic carbocycles. The molecule has 19 heavy (non-hydrogen) atoms. The topological polar surface area (TPSA) is 6.48 Å². The molecule has 5 unspecified atom stereocenters. The lowest BCUT2D eigenvalue weighted by atomic mass is 9.76. The largest absolute Gasteiger partial charge is 0.298 e. The molecule has 3 fully saturated rings. The van der Waals surface area contributed by atoms with Gasteiger partial charge in [-0.3, -0.25) is 9.80 Å². The molecule has 3 aliphatic rings. The summed E-state index contributed by atoms with van der Waals surface area (Å²) in [5.74, 6) is 1.83. The van der Waals surface area contributed by atoms with E-state index in [1.165, 1.54) is 58.2 Å². The fourth-order valence-corrected chi connectivity index (χ4v) is 4.90. The Morgan fingerprint density at radius 2 is 1.84 bits per heavy atom. The second-order valence-corrected chi connectivity index (χ2v) is 7.38. The molecule has 0 aromatic heterocycles. The summed E-state index contributed by atoms with van der Waals surface area (Å²) in [6.07, 6.45) is 8.58. The Hall–Kier alpha value is -0.0800. The standard InChI is InChI=1S/C17H32N2/c1-4-15-11-18-10-6-8-16(18)12-19(15)17-9-5-7-13(2)14(17)3/h13-17H,4-12H2,1-3H3. The van der Waals surface area contributed by atoms with Crippen LogP contribution in [0, 0.1) is 11.8 Å². The van der Waals surface area contributed by atoms with E-state index in [-0.39, 0.29) is 0 Å². The van der Waals surface area contributed by atoms with Gasteiger partial charge in [-0.15, -0.1) is 0 Å². The van der Waals surface area contributed by atoms with Crippen LogP contribution in [0.25, 0.3) is 0 Å². The molecule has 0 aromatic rings. The fourth-order valence-electron chi connectivity index (χ4n) is 4.90. The van der Waals surface area contributed by atoms with Crippen LogP contribution in [-0.4, -0.2) is 47.6 Å². The van der Waals surface area contributed by atoms with Gasteiger partial charge < -0.3 is 0 Å². The molecule has 2 heterocycles. The van der Waals surface area contributed by atoms with Crippen molar-refractivity contribution >= 4 is 0 Å². The zero-order chi connectivity index (χ0) is 13.4. The maximum Gasteiger partial charge on any atom is 0.0224 e. The number of hydrogen-bond donors (Lipinski definition) is 0. The zero-order valence-corrected chi connectivity index (χ0v) is 13.1. The van der Waals surface area contributed by atoms with Crippen LogP contribution >= 0.6 is 0 Å². The van der Waals surface area contributed by atoms with Crippen LogP contribution in [0.3, 0.4) is 0 Å². The van der Waals surface area contributed by atoms with Gasteiger partial charge in [-0.05, 0) is 44.1 Å². The van der Waals surface area contributed by atoms with Crippen LogP contribution in [0.2, 0.25) is 0 Å². The van der Waals surface area contributed by atoms with Crippen LogP contribution in [0.5, 0.6) is 0 Å². The highest BCUT2D eigenvalue weighted by molar-refractivity contribution is 4.96. The molecular formula is C17H32N2. The second kappa shape index (κ2) is 5.73. The summed E-state index contributed by atoms with van der Waals surface area (Å²) >= 11 is 0. The van der Waals surface area contributed by atoms with Gasteiger partial charge in [-0.25, -0.2) is 0 Å². The number of hydrogen-bond acceptors (Lipinski definition) is 2. The van der Waals surface area contributed by atoms with Gasteiger partial charge >= 0.3 is 0 Å². The van der Waals surface area contributed by atoms with Gasteiger partial charge in [-0.1, -0.05) is 33.6 Å². The van der Waals surface area contributed by atoms with Gasteiger partial charge in [0.25, 0.3) is 0 Å². The summed E-state index contributed by atoms with van der Waals surface area (Å²) in [6, 6.07) is 2.58. The smallest absolute Gasteiger partial charge is 0.0224 e. The van der Waals surface area contributed by atoms with Gasteiger partial charge in [0.15, 0.2) is 0 Å². The van der Waals surface area contributed by atoms with Crippen molar-refractivity contribution in [2.45, 2.75) is 77.4 Å². The summed E-state index contributed by atoms with van der Waals surface area (Å²) < 4.78 is 0. The average Bonchev–Trinajstić information content (AvgIpc) is 2.87. The van der Waals surface area contributed by atoms with Crippen molar-refractivity contribution in [1.29, 1.82) is 0 Å². The van der Waals surface area contributed by atoms with Crippen molar-refractivity contribution in [2.75, 3.05) is 19.6 Å². The Bertz CT molecular complexity index is 304. The van der Waals surface area contributed by atoms with Crippen LogP contribution in [-0.2, 0) is 0 Å². The summed E-state index contributed by atoms with van der Waals surface area (Å²) in [5, 5.41) is 0. The monoisotopic (exact) mass is 264 g/mol. The minimum Gasteiger partial charge on any atom is -0.298 e. The van der Waals surface area contributed by atoms with E-state index in [9.17, 15) is 0 Å². The molecule has 2 aliphatic heterocycles. The lowest BCUT2D eigenvalue weighted by molar-refractivity contribution is -0.0205. The highest BCUT2D eigenvalue weighted by atomic mass is 15.3. The highest BCUT2D eigenvalue weighted by Crippen LogP contribution is 2.37. The van der Waals surface area contributed by atoms with Gasteiger partial charge in [0.2, 0.25) is 0 Å². The third kappa shape index (κ3) is 2.58. The third-order valence-corrected chi connectivity index (χ3v) is 6.40. The van der Waals surface area contributed by atoms with E-state index < -0.39 is 0 Å². The van der Waals surface area contributed by atoms with Crippen molar-refractivity contribution in [1.82, 2.24) is 9.80 Å². The average molecular weight is 264 g/mol. The molecule has 1 aliphatic carbocycles. The molecule has 2 heteroatoms. The first-order chi connectivity index (χ1) is 9.20. The Labute approximate surface area is 119 Å². The molecule has 0 spiro atoms. The van der Waals surface area contributed by atoms with Crippen LogP contribution in [0.4, 0.5) is 0 Å². The molecule has 5 atom stereocenters. The van der Waals surface area contributed by atoms with Crippen molar-refractivity contribution in [3.63, 3.8) is 0 Å². The van der Waals surface area contributed by atoms with Gasteiger partial charge in [0.1, 0.15) is 0 Å². The molecule has 3 rings (SSSR count). The zero-order valence-electron chi connectivity index (χ0n) is 13.1. The van der Waals surface area contributed by atoms with Crippen molar-refractivity contribution in [3.05, 3.63) is 0 Å². The van der Waals surface area contributed by atoms with Gasteiger partial charge in [0.05, 0.1) is 0 Å². The molecule has 2 nitrogen and oxygen atoms in total. The van der Waals surface area contributed by atoms with E-state index in [0.717, 1.165) is 30.0 Å². The van der Waals surface area contributed by atoms with Crippen molar-refractivity contribution < 1.29 is 0 Å². The Morgan fingerprint density at radius 3 is 2.63 bits per heavy atom. The quantitative estimate of drug-likeness (QED) is 0.754. The van der Waals surface area contributed by atoms with Gasteiger partial charge in [-0.2, -0.15) is 0 Å². The van der Waals surface area contributed by atoms with Crippen molar-refractivity contribution in [2.24, 2.45) is 11.8 Å². The first-order valence-corrected chi connectivity index (χ1v) is 8.70. The minimum atomic E-state index is 0.826. The predicted molar refractivity (Wildman–Crippen MR) is 81.3 cm³/mol. The fraction of sp³-hybridized carbons (Fsp3) is 1.00. The van der Waals surface area contributed by atoms with Gasteiger partial charge in [0, 0.05) is 31.2 Å². The molecule has 1 saturated carbocycles. The lowest BCUT2D eigenvalue weighted by Gasteiger charge is -2.51. The van der Waals surface area contributed by atoms with E-state index in [4.69, 9.17) is 0 Å². The summed E-state index contributed by atoms with van der Waals surface area (Å²) in [6.45, 7) is 11.5. The normalized spacial score (nSPS) is 45.3. The maximum absolute atomic E-state index is 2.94. The SMILES string of the molecule is CCC1CN2CCCC2CN1C1CCCC(C)C1C. The maximum atomic E-state index is 2.94. The van der Waals surface area contributed by atoms with E-state index in [2.05, 4.69) is 30.6 Å². The third-order valence-electron chi connectivity index (χ3n) is 6.40. The molecule has 0 N–H and O–H groups in total. The number of nitrogens with zero attached hydrogens (tertiary/aromatic N) is 2. The predicted octanol–water partition coefficient (Wildman–Crippen LogP) is 3.37. The number of fused-ring (bicyclic) bond motifs is 1.